The molecule has 1 unspecified atom stereocenters. The molecule has 1 atom stereocenters. The van der Waals surface area contributed by atoms with E-state index in [9.17, 15) is 9.18 Å². The van der Waals surface area contributed by atoms with Gasteiger partial charge in [-0.1, -0.05) is 29.8 Å². The van der Waals surface area contributed by atoms with Gasteiger partial charge >= 0.3 is 0 Å². The molecule has 1 aliphatic heterocycles. The number of anilines is 1. The summed E-state index contributed by atoms with van der Waals surface area (Å²) < 4.78 is 13.4. The molecule has 0 radical (unpaired) electrons. The van der Waals surface area contributed by atoms with Crippen LogP contribution in [-0.2, 0) is 4.79 Å². The lowest BCUT2D eigenvalue weighted by molar-refractivity contribution is -0.115. The van der Waals surface area contributed by atoms with Gasteiger partial charge in [-0.3, -0.25) is 9.69 Å². The lowest BCUT2D eigenvalue weighted by Crippen LogP contribution is -2.27. The van der Waals surface area contributed by atoms with Crippen LogP contribution < -0.4 is 4.90 Å². The maximum absolute atomic E-state index is 13.4. The predicted molar refractivity (Wildman–Crippen MR) is 90.0 cm³/mol. The van der Waals surface area contributed by atoms with E-state index in [-0.39, 0.29) is 16.3 Å². The molecule has 2 aromatic carbocycles. The first-order valence-corrected chi connectivity index (χ1v) is 8.36. The number of nitrogens with zero attached hydrogens (tertiary/aromatic N) is 1. The minimum atomic E-state index is -0.479. The van der Waals surface area contributed by atoms with Gasteiger partial charge in [0.2, 0.25) is 5.91 Å². The quantitative estimate of drug-likeness (QED) is 0.780. The van der Waals surface area contributed by atoms with Crippen LogP contribution in [0, 0.1) is 19.7 Å². The molecule has 5 heteroatoms. The number of carbonyl (C=O) groups excluding carboxylic acids is 1. The molecule has 0 saturated carbocycles. The van der Waals surface area contributed by atoms with Crippen molar-refractivity contribution in [3.05, 3.63) is 63.9 Å². The minimum absolute atomic E-state index is 0.0101. The first-order valence-electron chi connectivity index (χ1n) is 6.93. The maximum atomic E-state index is 13.4. The van der Waals surface area contributed by atoms with Gasteiger partial charge in [-0.25, -0.2) is 4.39 Å². The number of amides is 1. The van der Waals surface area contributed by atoms with Gasteiger partial charge in [0, 0.05) is 5.69 Å². The van der Waals surface area contributed by atoms with E-state index >= 15 is 0 Å². The van der Waals surface area contributed by atoms with Crippen LogP contribution in [0.15, 0.2) is 36.4 Å². The van der Waals surface area contributed by atoms with Gasteiger partial charge in [0.15, 0.2) is 0 Å². The molecule has 1 amide bonds. The highest BCUT2D eigenvalue weighted by Crippen LogP contribution is 2.42. The summed E-state index contributed by atoms with van der Waals surface area (Å²) in [5, 5.41) is -0.0747. The second-order valence-electron chi connectivity index (χ2n) is 5.37. The zero-order chi connectivity index (χ0) is 15.9. The van der Waals surface area contributed by atoms with Gasteiger partial charge < -0.3 is 0 Å². The Hall–Kier alpha value is -1.52. The van der Waals surface area contributed by atoms with Crippen LogP contribution in [0.4, 0.5) is 10.1 Å². The lowest BCUT2D eigenvalue weighted by atomic mass is 10.1. The van der Waals surface area contributed by atoms with Gasteiger partial charge in [-0.05, 0) is 48.7 Å². The molecule has 0 bridgehead atoms. The van der Waals surface area contributed by atoms with Crippen LogP contribution in [0.2, 0.25) is 5.02 Å². The highest BCUT2D eigenvalue weighted by molar-refractivity contribution is 8.00. The van der Waals surface area contributed by atoms with E-state index in [1.54, 1.807) is 22.7 Å². The Morgan fingerprint density at radius 2 is 1.95 bits per heavy atom. The first-order chi connectivity index (χ1) is 10.5. The van der Waals surface area contributed by atoms with Crippen LogP contribution in [0.3, 0.4) is 0 Å². The predicted octanol–water partition coefficient (Wildman–Crippen LogP) is 4.87. The highest BCUT2D eigenvalue weighted by atomic mass is 35.5. The van der Waals surface area contributed by atoms with Crippen LogP contribution in [-0.4, -0.2) is 11.7 Å². The molecule has 2 aromatic rings. The molecule has 1 saturated heterocycles. The molecule has 114 valence electrons. The smallest absolute Gasteiger partial charge is 0.238 e. The van der Waals surface area contributed by atoms with Crippen LogP contribution >= 0.6 is 23.4 Å². The fourth-order valence-corrected chi connectivity index (χ4v) is 3.84. The molecule has 1 aliphatic rings. The summed E-state index contributed by atoms with van der Waals surface area (Å²) in [6.45, 7) is 4.11. The normalized spacial score (nSPS) is 18.1. The SMILES string of the molecule is Cc1ccc(C2SCC(=O)N2c2ccc(F)c(Cl)c2)cc1C. The molecule has 0 aromatic heterocycles. The summed E-state index contributed by atoms with van der Waals surface area (Å²) in [5.41, 5.74) is 4.10. The number of thioether (sulfide) groups is 1. The second-order valence-corrected chi connectivity index (χ2v) is 6.84. The molecule has 0 spiro atoms. The molecule has 1 fully saturated rings. The van der Waals surface area contributed by atoms with Gasteiger partial charge in [-0.15, -0.1) is 11.8 Å². The number of halogens is 2. The fourth-order valence-electron chi connectivity index (χ4n) is 2.50. The molecular formula is C17H15ClFNOS. The largest absolute Gasteiger partial charge is 0.295 e. The Bertz CT molecular complexity index is 749. The van der Waals surface area contributed by atoms with E-state index in [1.807, 2.05) is 6.07 Å². The summed E-state index contributed by atoms with van der Waals surface area (Å²) in [6.07, 6.45) is 0. The molecule has 0 aliphatic carbocycles. The van der Waals surface area contributed by atoms with Crippen molar-refractivity contribution in [1.82, 2.24) is 0 Å². The third kappa shape index (κ3) is 2.73. The van der Waals surface area contributed by atoms with E-state index < -0.39 is 5.82 Å². The number of hydrogen-bond acceptors (Lipinski definition) is 2. The molecule has 3 rings (SSSR count). The highest BCUT2D eigenvalue weighted by Gasteiger charge is 2.34. The third-order valence-electron chi connectivity index (χ3n) is 3.87. The average molecular weight is 336 g/mol. The van der Waals surface area contributed by atoms with Crippen molar-refractivity contribution in [2.75, 3.05) is 10.7 Å². The van der Waals surface area contributed by atoms with Crippen molar-refractivity contribution in [3.8, 4) is 0 Å². The van der Waals surface area contributed by atoms with Gasteiger partial charge in [0.1, 0.15) is 11.2 Å². The fraction of sp³-hybridized carbons (Fsp3) is 0.235. The van der Waals surface area contributed by atoms with Crippen LogP contribution in [0.25, 0.3) is 0 Å². The Morgan fingerprint density at radius 1 is 1.18 bits per heavy atom. The molecule has 22 heavy (non-hydrogen) atoms. The van der Waals surface area contributed by atoms with Crippen molar-refractivity contribution >= 4 is 35.0 Å². The zero-order valence-corrected chi connectivity index (χ0v) is 13.8. The van der Waals surface area contributed by atoms with E-state index in [1.165, 1.54) is 23.3 Å². The Balaban J connectivity index is 2.01. The van der Waals surface area contributed by atoms with Crippen molar-refractivity contribution in [2.45, 2.75) is 19.2 Å². The summed E-state index contributed by atoms with van der Waals surface area (Å²) >= 11 is 7.43. The second kappa shape index (κ2) is 5.94. The monoisotopic (exact) mass is 335 g/mol. The third-order valence-corrected chi connectivity index (χ3v) is 5.37. The van der Waals surface area contributed by atoms with Crippen molar-refractivity contribution in [1.29, 1.82) is 0 Å². The summed E-state index contributed by atoms with van der Waals surface area (Å²) in [4.78, 5) is 14.0. The van der Waals surface area contributed by atoms with Gasteiger partial charge in [0.25, 0.3) is 0 Å². The summed E-state index contributed by atoms with van der Waals surface area (Å²) in [6, 6.07) is 10.6. The van der Waals surface area contributed by atoms with Crippen LogP contribution in [0.5, 0.6) is 0 Å². The number of carbonyl (C=O) groups is 1. The lowest BCUT2D eigenvalue weighted by Gasteiger charge is -2.25. The Labute approximate surface area is 138 Å². The number of hydrogen-bond donors (Lipinski definition) is 0. The summed E-state index contributed by atoms with van der Waals surface area (Å²) in [5.74, 6) is -0.0598. The van der Waals surface area contributed by atoms with Gasteiger partial charge in [-0.2, -0.15) is 0 Å². The van der Waals surface area contributed by atoms with Crippen molar-refractivity contribution in [2.24, 2.45) is 0 Å². The Kier molecular flexibility index (Phi) is 4.15. The number of benzene rings is 2. The number of rotatable bonds is 2. The minimum Gasteiger partial charge on any atom is -0.295 e. The molecular weight excluding hydrogens is 321 g/mol. The first kappa shape index (κ1) is 15.4. The summed E-state index contributed by atoms with van der Waals surface area (Å²) in [7, 11) is 0. The van der Waals surface area contributed by atoms with E-state index in [0.717, 1.165) is 5.56 Å². The van der Waals surface area contributed by atoms with E-state index in [0.29, 0.717) is 11.4 Å². The standard InChI is InChI=1S/C17H15ClFNOS/c1-10-3-4-12(7-11(10)2)17-20(16(21)9-22-17)13-5-6-15(19)14(18)8-13/h3-8,17H,9H2,1-2H3. The number of aryl methyl sites for hydroxylation is 2. The van der Waals surface area contributed by atoms with Crippen LogP contribution in [0.1, 0.15) is 22.1 Å². The van der Waals surface area contributed by atoms with E-state index in [2.05, 4.69) is 26.0 Å². The van der Waals surface area contributed by atoms with Crippen molar-refractivity contribution < 1.29 is 9.18 Å². The average Bonchev–Trinajstić information content (AvgIpc) is 2.87. The molecule has 1 heterocycles. The topological polar surface area (TPSA) is 20.3 Å². The van der Waals surface area contributed by atoms with Gasteiger partial charge in [0.05, 0.1) is 10.8 Å². The molecule has 2 nitrogen and oxygen atoms in total. The van der Waals surface area contributed by atoms with Crippen molar-refractivity contribution in [3.63, 3.8) is 0 Å². The molecule has 0 N–H and O–H groups in total. The Morgan fingerprint density at radius 3 is 2.64 bits per heavy atom. The maximum Gasteiger partial charge on any atom is 0.238 e. The zero-order valence-electron chi connectivity index (χ0n) is 12.3. The van der Waals surface area contributed by atoms with E-state index in [4.69, 9.17) is 11.6 Å².